The maximum atomic E-state index is 4.23. The van der Waals surface area contributed by atoms with E-state index in [1.54, 1.807) is 11.8 Å². The van der Waals surface area contributed by atoms with Crippen LogP contribution >= 0.6 is 11.8 Å². The van der Waals surface area contributed by atoms with E-state index in [-0.39, 0.29) is 0 Å². The minimum Gasteiger partial charge on any atom is -0.318 e. The monoisotopic (exact) mass is 226 g/mol. The number of aryl methyl sites for hydroxylation is 1. The van der Waals surface area contributed by atoms with Crippen LogP contribution in [-0.4, -0.2) is 26.2 Å². The Morgan fingerprint density at radius 3 is 2.93 bits per heavy atom. The highest BCUT2D eigenvalue weighted by molar-refractivity contribution is 7.99. The minimum atomic E-state index is 0.471. The fourth-order valence-electron chi connectivity index (χ4n) is 1.58. The molecule has 1 aromatic heterocycles. The van der Waals surface area contributed by atoms with Crippen molar-refractivity contribution >= 4 is 11.8 Å². The van der Waals surface area contributed by atoms with Crippen LogP contribution in [0.2, 0.25) is 0 Å². The maximum Gasteiger partial charge on any atom is 0.210 e. The Balaban J connectivity index is 2.16. The molecule has 0 radical (unpaired) electrons. The molecule has 1 aliphatic rings. The molecule has 0 aliphatic carbocycles. The van der Waals surface area contributed by atoms with Gasteiger partial charge in [0.25, 0.3) is 0 Å². The van der Waals surface area contributed by atoms with E-state index in [0.29, 0.717) is 11.3 Å². The maximum absolute atomic E-state index is 4.23. The first-order chi connectivity index (χ1) is 7.22. The number of fused-ring (bicyclic) bond motifs is 1. The Bertz CT molecular complexity index is 336. The van der Waals surface area contributed by atoms with Crippen LogP contribution in [0.15, 0.2) is 5.16 Å². The third-order valence-electron chi connectivity index (χ3n) is 2.78. The average molecular weight is 226 g/mol. The van der Waals surface area contributed by atoms with E-state index in [1.807, 2.05) is 0 Å². The van der Waals surface area contributed by atoms with Crippen molar-refractivity contribution in [1.29, 1.82) is 0 Å². The number of aromatic nitrogens is 3. The number of nitrogens with one attached hydrogen (secondary N) is 1. The van der Waals surface area contributed by atoms with E-state index >= 15 is 0 Å². The van der Waals surface area contributed by atoms with Gasteiger partial charge in [-0.05, 0) is 13.3 Å². The molecule has 2 atom stereocenters. The second-order valence-electron chi connectivity index (χ2n) is 4.08. The molecule has 15 heavy (non-hydrogen) atoms. The third-order valence-corrected chi connectivity index (χ3v) is 4.04. The normalized spacial score (nSPS) is 24.7. The van der Waals surface area contributed by atoms with Crippen molar-refractivity contribution in [3.63, 3.8) is 0 Å². The summed E-state index contributed by atoms with van der Waals surface area (Å²) < 4.78 is 2.06. The van der Waals surface area contributed by atoms with Crippen LogP contribution in [-0.2, 0) is 6.42 Å². The SMILES string of the molecule is CCCCc1nnc2n1NC(C)C(C)S2. The first-order valence-electron chi connectivity index (χ1n) is 5.60. The molecule has 0 bridgehead atoms. The Kier molecular flexibility index (Phi) is 3.19. The largest absolute Gasteiger partial charge is 0.318 e. The Morgan fingerprint density at radius 2 is 2.20 bits per heavy atom. The topological polar surface area (TPSA) is 42.7 Å². The molecule has 1 aromatic rings. The number of nitrogens with zero attached hydrogens (tertiary/aromatic N) is 3. The van der Waals surface area contributed by atoms with Gasteiger partial charge in [-0.15, -0.1) is 10.2 Å². The van der Waals surface area contributed by atoms with Crippen LogP contribution in [0.1, 0.15) is 39.4 Å². The van der Waals surface area contributed by atoms with Crippen LogP contribution in [0.5, 0.6) is 0 Å². The standard InChI is InChI=1S/C10H18N4S/c1-4-5-6-9-11-12-10-14(9)13-7(2)8(3)15-10/h7-8,13H,4-6H2,1-3H3. The lowest BCUT2D eigenvalue weighted by molar-refractivity contribution is 0.588. The van der Waals surface area contributed by atoms with E-state index in [0.717, 1.165) is 17.4 Å². The highest BCUT2D eigenvalue weighted by Crippen LogP contribution is 2.28. The van der Waals surface area contributed by atoms with Crippen molar-refractivity contribution in [2.45, 2.75) is 56.5 Å². The molecule has 2 unspecified atom stereocenters. The average Bonchev–Trinajstić information content (AvgIpc) is 2.59. The zero-order valence-corrected chi connectivity index (χ0v) is 10.3. The van der Waals surface area contributed by atoms with E-state index < -0.39 is 0 Å². The lowest BCUT2D eigenvalue weighted by Gasteiger charge is -2.28. The van der Waals surface area contributed by atoms with Crippen molar-refractivity contribution in [3.05, 3.63) is 5.82 Å². The van der Waals surface area contributed by atoms with E-state index in [1.165, 1.54) is 12.8 Å². The van der Waals surface area contributed by atoms with Crippen molar-refractivity contribution in [1.82, 2.24) is 14.9 Å². The van der Waals surface area contributed by atoms with E-state index in [9.17, 15) is 0 Å². The number of hydrogen-bond acceptors (Lipinski definition) is 4. The molecular weight excluding hydrogens is 208 g/mol. The molecule has 2 heterocycles. The van der Waals surface area contributed by atoms with Crippen molar-refractivity contribution in [2.75, 3.05) is 5.43 Å². The Hall–Kier alpha value is -0.710. The van der Waals surface area contributed by atoms with Gasteiger partial charge in [-0.3, -0.25) is 0 Å². The van der Waals surface area contributed by atoms with E-state index in [2.05, 4.69) is 41.1 Å². The minimum absolute atomic E-state index is 0.471. The lowest BCUT2D eigenvalue weighted by atomic mass is 10.2. The van der Waals surface area contributed by atoms with Crippen LogP contribution < -0.4 is 5.43 Å². The lowest BCUT2D eigenvalue weighted by Crippen LogP contribution is -2.38. The van der Waals surface area contributed by atoms with Gasteiger partial charge in [-0.2, -0.15) is 0 Å². The summed E-state index contributed by atoms with van der Waals surface area (Å²) in [6, 6.07) is 0.471. The van der Waals surface area contributed by atoms with Gasteiger partial charge in [0, 0.05) is 11.7 Å². The van der Waals surface area contributed by atoms with E-state index in [4.69, 9.17) is 0 Å². The summed E-state index contributed by atoms with van der Waals surface area (Å²) in [5.74, 6) is 1.07. The third kappa shape index (κ3) is 2.12. The van der Waals surface area contributed by atoms with Gasteiger partial charge in [0.1, 0.15) is 0 Å². The molecule has 0 aromatic carbocycles. The second-order valence-corrected chi connectivity index (χ2v) is 5.42. The molecular formula is C10H18N4S. The van der Waals surface area contributed by atoms with Gasteiger partial charge in [0.2, 0.25) is 5.16 Å². The molecule has 0 saturated carbocycles. The summed E-state index contributed by atoms with van der Waals surface area (Å²) in [6.07, 6.45) is 3.38. The van der Waals surface area contributed by atoms with Crippen molar-refractivity contribution in [2.24, 2.45) is 0 Å². The van der Waals surface area contributed by atoms with Gasteiger partial charge in [-0.25, -0.2) is 4.68 Å². The van der Waals surface area contributed by atoms with Gasteiger partial charge in [0.05, 0.1) is 6.04 Å². The predicted molar refractivity (Wildman–Crippen MR) is 62.8 cm³/mol. The summed E-state index contributed by atoms with van der Waals surface area (Å²) in [4.78, 5) is 0. The van der Waals surface area contributed by atoms with Gasteiger partial charge >= 0.3 is 0 Å². The van der Waals surface area contributed by atoms with Gasteiger partial charge in [0.15, 0.2) is 5.82 Å². The first kappa shape index (κ1) is 10.8. The Morgan fingerprint density at radius 1 is 1.40 bits per heavy atom. The number of hydrogen-bond donors (Lipinski definition) is 1. The zero-order valence-electron chi connectivity index (χ0n) is 9.53. The molecule has 0 fully saturated rings. The molecule has 5 heteroatoms. The smallest absolute Gasteiger partial charge is 0.210 e. The fourth-order valence-corrected chi connectivity index (χ4v) is 2.53. The fraction of sp³-hybridized carbons (Fsp3) is 0.800. The molecule has 1 aliphatic heterocycles. The summed E-state index contributed by atoms with van der Waals surface area (Å²) in [6.45, 7) is 6.61. The van der Waals surface area contributed by atoms with Gasteiger partial charge in [-0.1, -0.05) is 32.0 Å². The molecule has 4 nitrogen and oxygen atoms in total. The number of rotatable bonds is 3. The number of unbranched alkanes of at least 4 members (excludes halogenated alkanes) is 1. The summed E-state index contributed by atoms with van der Waals surface area (Å²) >= 11 is 1.80. The summed E-state index contributed by atoms with van der Waals surface area (Å²) in [5.41, 5.74) is 3.44. The molecule has 2 rings (SSSR count). The van der Waals surface area contributed by atoms with Crippen LogP contribution in [0.4, 0.5) is 0 Å². The molecule has 0 saturated heterocycles. The molecule has 84 valence electrons. The van der Waals surface area contributed by atoms with Crippen molar-refractivity contribution in [3.8, 4) is 0 Å². The summed E-state index contributed by atoms with van der Waals surface area (Å²) in [5, 5.41) is 10.0. The zero-order chi connectivity index (χ0) is 10.8. The van der Waals surface area contributed by atoms with Crippen LogP contribution in [0.25, 0.3) is 0 Å². The Labute approximate surface area is 94.8 Å². The van der Waals surface area contributed by atoms with Crippen LogP contribution in [0.3, 0.4) is 0 Å². The highest BCUT2D eigenvalue weighted by atomic mass is 32.2. The van der Waals surface area contributed by atoms with Crippen LogP contribution in [0, 0.1) is 0 Å². The van der Waals surface area contributed by atoms with Gasteiger partial charge < -0.3 is 5.43 Å². The molecule has 1 N–H and O–H groups in total. The number of thioether (sulfide) groups is 1. The molecule has 0 amide bonds. The summed E-state index contributed by atoms with van der Waals surface area (Å²) in [7, 11) is 0. The predicted octanol–water partition coefficient (Wildman–Crippen LogP) is 2.05. The highest BCUT2D eigenvalue weighted by Gasteiger charge is 2.25. The second kappa shape index (κ2) is 4.43. The molecule has 0 spiro atoms. The van der Waals surface area contributed by atoms with Crippen molar-refractivity contribution < 1.29 is 0 Å². The first-order valence-corrected chi connectivity index (χ1v) is 6.47. The quantitative estimate of drug-likeness (QED) is 0.856.